The molecule has 5 aliphatic rings. The van der Waals surface area contributed by atoms with Gasteiger partial charge in [-0.25, -0.2) is 4.79 Å². The number of carbonyl (C=O) groups excluding carboxylic acids is 2. The zero-order chi connectivity index (χ0) is 27.4. The minimum Gasteiger partial charge on any atom is -0.465 e. The number of nitrogens with zero attached hydrogens (tertiary/aromatic N) is 1. The highest BCUT2D eigenvalue weighted by molar-refractivity contribution is 5.89. The summed E-state index contributed by atoms with van der Waals surface area (Å²) in [6, 6.07) is 3.44. The average molecular weight is 544 g/mol. The molecular formula is C30H41NO8. The van der Waals surface area contributed by atoms with E-state index in [1.807, 2.05) is 6.92 Å². The first kappa shape index (κ1) is 27.1. The summed E-state index contributed by atoms with van der Waals surface area (Å²) in [6.45, 7) is 9.34. The Bertz CT molecular complexity index is 1060. The third-order valence-electron chi connectivity index (χ3n) is 10.7. The minimum absolute atomic E-state index is 0.0318. The number of hydrogen-bond acceptors (Lipinski definition) is 9. The molecule has 1 unspecified atom stereocenters. The van der Waals surface area contributed by atoms with Gasteiger partial charge in [-0.05, 0) is 56.6 Å². The second kappa shape index (κ2) is 10.1. The summed E-state index contributed by atoms with van der Waals surface area (Å²) in [4.78, 5) is 29.7. The van der Waals surface area contributed by atoms with Crippen LogP contribution in [0.5, 0.6) is 0 Å². The van der Waals surface area contributed by atoms with Crippen LogP contribution in [0.3, 0.4) is 0 Å². The molecule has 1 spiro atoms. The topological polar surface area (TPSA) is 106 Å². The van der Waals surface area contributed by atoms with Crippen LogP contribution in [-0.4, -0.2) is 67.1 Å². The molecule has 39 heavy (non-hydrogen) atoms. The lowest BCUT2D eigenvalue weighted by Crippen LogP contribution is -2.69. The minimum atomic E-state index is -0.675. The molecule has 9 heteroatoms. The maximum absolute atomic E-state index is 13.4. The summed E-state index contributed by atoms with van der Waals surface area (Å²) in [6.07, 6.45) is 7.31. The summed E-state index contributed by atoms with van der Waals surface area (Å²) in [5.41, 5.74) is -1.01. The molecule has 2 saturated carbocycles. The number of epoxide rings is 1. The molecule has 1 aromatic heterocycles. The van der Waals surface area contributed by atoms with Crippen LogP contribution in [0.2, 0.25) is 0 Å². The van der Waals surface area contributed by atoms with Crippen molar-refractivity contribution in [2.45, 2.75) is 96.6 Å². The van der Waals surface area contributed by atoms with Crippen LogP contribution < -0.4 is 0 Å². The van der Waals surface area contributed by atoms with Crippen molar-refractivity contribution in [1.29, 1.82) is 0 Å². The fourth-order valence-electron chi connectivity index (χ4n) is 8.55. The van der Waals surface area contributed by atoms with E-state index in [0.29, 0.717) is 25.2 Å². The number of pyridine rings is 1. The van der Waals surface area contributed by atoms with Gasteiger partial charge in [0.25, 0.3) is 0 Å². The van der Waals surface area contributed by atoms with Crippen molar-refractivity contribution in [2.75, 3.05) is 19.8 Å². The van der Waals surface area contributed by atoms with Gasteiger partial charge in [0.15, 0.2) is 12.6 Å². The number of carbonyl (C=O) groups is 2. The molecule has 10 atom stereocenters. The molecule has 214 valence electrons. The Hall–Kier alpha value is -2.07. The van der Waals surface area contributed by atoms with Crippen LogP contribution in [0.25, 0.3) is 0 Å². The maximum atomic E-state index is 13.4. The third-order valence-corrected chi connectivity index (χ3v) is 10.7. The van der Waals surface area contributed by atoms with E-state index >= 15 is 0 Å². The molecule has 1 aromatic rings. The standard InChI is InChI=1S/C30H41NO8/c1-5-34-25-14-21-13-23(38-27(21)39-25)28(4)18(2)12-24(37-26(33)20-8-7-11-31-15-20)30(17-35-19(3)32)22(28)9-6-10-29(30)16-36-29/h7-8,11,15,18,21-25,27H,5-6,9-10,12-14,16-17H2,1-4H3/t18-,21+,22-,23+,24+,25-,27-,28+,29?,30+/m1/s1. The Morgan fingerprint density at radius 2 is 2.03 bits per heavy atom. The van der Waals surface area contributed by atoms with Gasteiger partial charge in [0.2, 0.25) is 0 Å². The molecule has 0 radical (unpaired) electrons. The van der Waals surface area contributed by atoms with Crippen LogP contribution in [0.15, 0.2) is 24.5 Å². The van der Waals surface area contributed by atoms with E-state index in [4.69, 9.17) is 28.4 Å². The van der Waals surface area contributed by atoms with E-state index < -0.39 is 23.1 Å². The molecule has 9 nitrogen and oxygen atoms in total. The van der Waals surface area contributed by atoms with E-state index in [0.717, 1.165) is 32.1 Å². The summed E-state index contributed by atoms with van der Waals surface area (Å²) < 4.78 is 37.1. The lowest BCUT2D eigenvalue weighted by molar-refractivity contribution is -0.263. The van der Waals surface area contributed by atoms with Gasteiger partial charge >= 0.3 is 11.9 Å². The first-order chi connectivity index (χ1) is 18.7. The van der Waals surface area contributed by atoms with Gasteiger partial charge < -0.3 is 28.4 Å². The number of ether oxygens (including phenoxy) is 6. The predicted octanol–water partition coefficient (Wildman–Crippen LogP) is 4.29. The second-order valence-corrected chi connectivity index (χ2v) is 12.4. The zero-order valence-corrected chi connectivity index (χ0v) is 23.4. The van der Waals surface area contributed by atoms with Crippen molar-refractivity contribution in [3.8, 4) is 0 Å². The Morgan fingerprint density at radius 3 is 2.69 bits per heavy atom. The van der Waals surface area contributed by atoms with Gasteiger partial charge in [-0.1, -0.05) is 20.3 Å². The van der Waals surface area contributed by atoms with Crippen molar-refractivity contribution in [1.82, 2.24) is 4.98 Å². The molecule has 0 amide bonds. The number of fused-ring (bicyclic) bond motifs is 3. The second-order valence-electron chi connectivity index (χ2n) is 12.4. The van der Waals surface area contributed by atoms with Crippen LogP contribution in [-0.2, 0) is 33.2 Å². The lowest BCUT2D eigenvalue weighted by atomic mass is 9.42. The highest BCUT2D eigenvalue weighted by Crippen LogP contribution is 2.70. The first-order valence-corrected chi connectivity index (χ1v) is 14.5. The fourth-order valence-corrected chi connectivity index (χ4v) is 8.55. The fraction of sp³-hybridized carbons (Fsp3) is 0.767. The van der Waals surface area contributed by atoms with E-state index in [1.165, 1.54) is 13.1 Å². The number of hydrogen-bond donors (Lipinski definition) is 0. The number of rotatable bonds is 7. The van der Waals surface area contributed by atoms with Gasteiger partial charge in [-0.3, -0.25) is 9.78 Å². The smallest absolute Gasteiger partial charge is 0.339 e. The molecule has 6 rings (SSSR count). The molecule has 3 aliphatic heterocycles. The van der Waals surface area contributed by atoms with Crippen molar-refractivity contribution in [2.24, 2.45) is 28.6 Å². The molecule has 0 aromatic carbocycles. The van der Waals surface area contributed by atoms with Crippen LogP contribution >= 0.6 is 0 Å². The molecule has 0 N–H and O–H groups in total. The Kier molecular flexibility index (Phi) is 7.01. The van der Waals surface area contributed by atoms with E-state index in [-0.39, 0.29) is 54.4 Å². The SMILES string of the molecule is CCO[C@H]1C[C@@H]2C[C@@H]([C@@]3(C)[C@H](C)C[C@H](OC(=O)c4cccnc4)[C@]4(COC(C)=O)[C@@H]3CCCC43CO3)O[C@@H]2O1. The summed E-state index contributed by atoms with van der Waals surface area (Å²) in [7, 11) is 0. The number of aromatic nitrogens is 1. The highest BCUT2D eigenvalue weighted by Gasteiger charge is 2.76. The van der Waals surface area contributed by atoms with Crippen LogP contribution in [0, 0.1) is 28.6 Å². The molecular weight excluding hydrogens is 502 g/mol. The van der Waals surface area contributed by atoms with E-state index in [9.17, 15) is 9.59 Å². The van der Waals surface area contributed by atoms with Crippen molar-refractivity contribution >= 4 is 11.9 Å². The Morgan fingerprint density at radius 1 is 1.21 bits per heavy atom. The third kappa shape index (κ3) is 4.31. The monoisotopic (exact) mass is 543 g/mol. The van der Waals surface area contributed by atoms with E-state index in [1.54, 1.807) is 18.3 Å². The quantitative estimate of drug-likeness (QED) is 0.368. The first-order valence-electron chi connectivity index (χ1n) is 14.5. The Balaban J connectivity index is 1.35. The van der Waals surface area contributed by atoms with Crippen molar-refractivity contribution < 1.29 is 38.0 Å². The largest absolute Gasteiger partial charge is 0.465 e. The average Bonchev–Trinajstić information content (AvgIpc) is 3.42. The summed E-state index contributed by atoms with van der Waals surface area (Å²) >= 11 is 0. The van der Waals surface area contributed by atoms with E-state index in [2.05, 4.69) is 18.8 Å². The van der Waals surface area contributed by atoms with Gasteiger partial charge in [0, 0.05) is 43.7 Å². The van der Waals surface area contributed by atoms with Crippen LogP contribution in [0.4, 0.5) is 0 Å². The Labute approximate surface area is 230 Å². The molecule has 3 saturated heterocycles. The molecule has 0 bridgehead atoms. The molecule has 2 aliphatic carbocycles. The lowest BCUT2D eigenvalue weighted by Gasteiger charge is -2.64. The predicted molar refractivity (Wildman–Crippen MR) is 138 cm³/mol. The zero-order valence-electron chi connectivity index (χ0n) is 23.4. The normalized spacial score (nSPS) is 44.5. The van der Waals surface area contributed by atoms with Gasteiger partial charge in [-0.2, -0.15) is 0 Å². The van der Waals surface area contributed by atoms with Gasteiger partial charge in [0.05, 0.1) is 23.7 Å². The van der Waals surface area contributed by atoms with Gasteiger partial charge in [-0.15, -0.1) is 0 Å². The van der Waals surface area contributed by atoms with Crippen molar-refractivity contribution in [3.63, 3.8) is 0 Å². The maximum Gasteiger partial charge on any atom is 0.339 e. The van der Waals surface area contributed by atoms with Crippen LogP contribution in [0.1, 0.15) is 76.6 Å². The van der Waals surface area contributed by atoms with Gasteiger partial charge in [0.1, 0.15) is 18.3 Å². The number of esters is 2. The van der Waals surface area contributed by atoms with Crippen molar-refractivity contribution in [3.05, 3.63) is 30.1 Å². The summed E-state index contributed by atoms with van der Waals surface area (Å²) in [5, 5.41) is 0. The summed E-state index contributed by atoms with van der Waals surface area (Å²) in [5.74, 6) is -0.227. The highest BCUT2D eigenvalue weighted by atomic mass is 16.8. The molecule has 5 fully saturated rings. The molecule has 4 heterocycles.